The molecule has 1 N–H and O–H groups in total. The van der Waals surface area contributed by atoms with Gasteiger partial charge < -0.3 is 9.84 Å². The maximum atomic E-state index is 14.0. The van der Waals surface area contributed by atoms with Crippen molar-refractivity contribution in [2.75, 3.05) is 0 Å². The first-order chi connectivity index (χ1) is 9.84. The highest BCUT2D eigenvalue weighted by atomic mass is 79.9. The fourth-order valence-corrected chi connectivity index (χ4v) is 3.77. The zero-order valence-corrected chi connectivity index (χ0v) is 13.1. The Morgan fingerprint density at radius 2 is 2.19 bits per heavy atom. The lowest BCUT2D eigenvalue weighted by Gasteiger charge is -2.33. The van der Waals surface area contributed by atoms with Crippen LogP contribution in [0.2, 0.25) is 0 Å². The standard InChI is InChI=1S/C13H11BrF3NO2S/c14-12-18-7-3-6(15)9(4-11(7)21-12)20-10-5-13(16,17)2-1-8(10)19/h3-4,8,10,19H,1-2,5H2. The van der Waals surface area contributed by atoms with Crippen molar-refractivity contribution in [1.29, 1.82) is 0 Å². The van der Waals surface area contributed by atoms with Gasteiger partial charge in [-0.15, -0.1) is 11.3 Å². The van der Waals surface area contributed by atoms with Crippen molar-refractivity contribution in [3.05, 3.63) is 21.9 Å². The number of rotatable bonds is 2. The van der Waals surface area contributed by atoms with Gasteiger partial charge in [0.05, 0.1) is 22.7 Å². The summed E-state index contributed by atoms with van der Waals surface area (Å²) < 4.78 is 47.3. The van der Waals surface area contributed by atoms with Crippen LogP contribution in [0.3, 0.4) is 0 Å². The first-order valence-corrected chi connectivity index (χ1v) is 7.93. The number of hydrogen-bond acceptors (Lipinski definition) is 4. The van der Waals surface area contributed by atoms with E-state index in [1.54, 1.807) is 0 Å². The third-order valence-electron chi connectivity index (χ3n) is 3.43. The topological polar surface area (TPSA) is 42.4 Å². The molecular weight excluding hydrogens is 371 g/mol. The van der Waals surface area contributed by atoms with Crippen molar-refractivity contribution in [3.8, 4) is 5.75 Å². The number of nitrogens with zero attached hydrogens (tertiary/aromatic N) is 1. The van der Waals surface area contributed by atoms with Gasteiger partial charge in [-0.2, -0.15) is 0 Å². The molecule has 2 aromatic rings. The van der Waals surface area contributed by atoms with Crippen LogP contribution in [0.15, 0.2) is 16.0 Å². The second-order valence-corrected chi connectivity index (χ2v) is 7.35. The molecule has 1 aromatic carbocycles. The SMILES string of the molecule is OC1CCC(F)(F)CC1Oc1cc2sc(Br)nc2cc1F. The highest BCUT2D eigenvalue weighted by Gasteiger charge is 2.42. The summed E-state index contributed by atoms with van der Waals surface area (Å²) in [5.41, 5.74) is 0.464. The minimum Gasteiger partial charge on any atom is -0.484 e. The third kappa shape index (κ3) is 3.17. The molecule has 0 aliphatic heterocycles. The van der Waals surface area contributed by atoms with Crippen LogP contribution in [0.5, 0.6) is 5.75 Å². The van der Waals surface area contributed by atoms with Crippen molar-refractivity contribution >= 4 is 37.5 Å². The molecule has 8 heteroatoms. The molecule has 1 aliphatic rings. The molecule has 2 unspecified atom stereocenters. The number of hydrogen-bond donors (Lipinski definition) is 1. The summed E-state index contributed by atoms with van der Waals surface area (Å²) in [6, 6.07) is 2.62. The fraction of sp³-hybridized carbons (Fsp3) is 0.462. The van der Waals surface area contributed by atoms with E-state index in [0.29, 0.717) is 14.1 Å². The molecule has 114 valence electrons. The minimum absolute atomic E-state index is 0.0619. The fourth-order valence-electron chi connectivity index (χ4n) is 2.35. The van der Waals surface area contributed by atoms with E-state index in [9.17, 15) is 18.3 Å². The largest absolute Gasteiger partial charge is 0.484 e. The van der Waals surface area contributed by atoms with Crippen LogP contribution in [0.25, 0.3) is 10.2 Å². The molecule has 0 spiro atoms. The molecule has 3 nitrogen and oxygen atoms in total. The molecule has 1 fully saturated rings. The van der Waals surface area contributed by atoms with Gasteiger partial charge in [0.1, 0.15) is 6.10 Å². The first kappa shape index (κ1) is 15.1. The van der Waals surface area contributed by atoms with Crippen LogP contribution >= 0.6 is 27.3 Å². The Morgan fingerprint density at radius 3 is 2.95 bits per heavy atom. The Labute approximate surface area is 130 Å². The second-order valence-electron chi connectivity index (χ2n) is 5.04. The van der Waals surface area contributed by atoms with Gasteiger partial charge in [0.2, 0.25) is 0 Å². The van der Waals surface area contributed by atoms with E-state index < -0.39 is 30.4 Å². The molecule has 0 bridgehead atoms. The number of aliphatic hydroxyl groups excluding tert-OH is 1. The minimum atomic E-state index is -2.89. The summed E-state index contributed by atoms with van der Waals surface area (Å²) in [6.07, 6.45) is -3.19. The maximum Gasteiger partial charge on any atom is 0.251 e. The van der Waals surface area contributed by atoms with Gasteiger partial charge in [-0.05, 0) is 22.4 Å². The number of ether oxygens (including phenoxy) is 1. The van der Waals surface area contributed by atoms with Gasteiger partial charge in [0, 0.05) is 18.6 Å². The summed E-state index contributed by atoms with van der Waals surface area (Å²) in [5, 5.41) is 9.77. The maximum absolute atomic E-state index is 14.0. The summed E-state index contributed by atoms with van der Waals surface area (Å²) in [6.45, 7) is 0. The van der Waals surface area contributed by atoms with Crippen LogP contribution in [0, 0.1) is 5.82 Å². The van der Waals surface area contributed by atoms with E-state index in [0.717, 1.165) is 0 Å². The zero-order chi connectivity index (χ0) is 15.2. The summed E-state index contributed by atoms with van der Waals surface area (Å²) in [4.78, 5) is 4.07. The highest BCUT2D eigenvalue weighted by molar-refractivity contribution is 9.11. The van der Waals surface area contributed by atoms with Gasteiger partial charge in [-0.25, -0.2) is 18.2 Å². The van der Waals surface area contributed by atoms with Crippen LogP contribution in [0.1, 0.15) is 19.3 Å². The number of halogens is 4. The normalized spacial score (nSPS) is 25.2. The van der Waals surface area contributed by atoms with Crippen molar-refractivity contribution in [2.45, 2.75) is 37.4 Å². The zero-order valence-electron chi connectivity index (χ0n) is 10.7. The van der Waals surface area contributed by atoms with Crippen LogP contribution < -0.4 is 4.74 Å². The van der Waals surface area contributed by atoms with Gasteiger partial charge in [-0.1, -0.05) is 0 Å². The number of alkyl halides is 2. The van der Waals surface area contributed by atoms with E-state index in [1.807, 2.05) is 0 Å². The molecule has 1 aliphatic carbocycles. The summed E-state index contributed by atoms with van der Waals surface area (Å²) in [7, 11) is 0. The average molecular weight is 382 g/mol. The molecule has 1 saturated carbocycles. The smallest absolute Gasteiger partial charge is 0.251 e. The number of benzene rings is 1. The Kier molecular flexibility index (Phi) is 3.87. The lowest BCUT2D eigenvalue weighted by Crippen LogP contribution is -2.43. The lowest BCUT2D eigenvalue weighted by atomic mass is 9.91. The van der Waals surface area contributed by atoms with Gasteiger partial charge in [-0.3, -0.25) is 0 Å². The molecule has 0 amide bonds. The van der Waals surface area contributed by atoms with Crippen molar-refractivity contribution in [1.82, 2.24) is 4.98 Å². The number of fused-ring (bicyclic) bond motifs is 1. The van der Waals surface area contributed by atoms with E-state index in [1.165, 1.54) is 23.5 Å². The lowest BCUT2D eigenvalue weighted by molar-refractivity contribution is -0.114. The first-order valence-electron chi connectivity index (χ1n) is 6.32. The van der Waals surface area contributed by atoms with Crippen LogP contribution in [-0.2, 0) is 0 Å². The Bertz CT molecular complexity index is 679. The predicted molar refractivity (Wildman–Crippen MR) is 76.5 cm³/mol. The Balaban J connectivity index is 1.88. The van der Waals surface area contributed by atoms with E-state index in [2.05, 4.69) is 20.9 Å². The number of aromatic nitrogens is 1. The van der Waals surface area contributed by atoms with E-state index in [4.69, 9.17) is 4.74 Å². The van der Waals surface area contributed by atoms with E-state index in [-0.39, 0.29) is 18.6 Å². The molecule has 0 saturated heterocycles. The number of aliphatic hydroxyl groups is 1. The quantitative estimate of drug-likeness (QED) is 0.850. The van der Waals surface area contributed by atoms with Crippen LogP contribution in [0.4, 0.5) is 13.2 Å². The van der Waals surface area contributed by atoms with Crippen molar-refractivity contribution in [3.63, 3.8) is 0 Å². The molecule has 2 atom stereocenters. The molecule has 0 radical (unpaired) electrons. The van der Waals surface area contributed by atoms with Gasteiger partial charge in [0.25, 0.3) is 5.92 Å². The Morgan fingerprint density at radius 1 is 1.43 bits per heavy atom. The molecular formula is C13H11BrF3NO2S. The van der Waals surface area contributed by atoms with Crippen molar-refractivity contribution in [2.24, 2.45) is 0 Å². The van der Waals surface area contributed by atoms with Gasteiger partial charge >= 0.3 is 0 Å². The molecule has 1 heterocycles. The highest BCUT2D eigenvalue weighted by Crippen LogP contribution is 2.37. The van der Waals surface area contributed by atoms with Crippen LogP contribution in [-0.4, -0.2) is 28.2 Å². The second kappa shape index (κ2) is 5.40. The molecule has 3 rings (SSSR count). The summed E-state index contributed by atoms with van der Waals surface area (Å²) >= 11 is 4.49. The molecule has 1 aromatic heterocycles. The molecule has 21 heavy (non-hydrogen) atoms. The third-order valence-corrected chi connectivity index (χ3v) is 4.90. The summed E-state index contributed by atoms with van der Waals surface area (Å²) in [5.74, 6) is -3.71. The average Bonchev–Trinajstić information content (AvgIpc) is 2.73. The van der Waals surface area contributed by atoms with Crippen molar-refractivity contribution < 1.29 is 23.0 Å². The predicted octanol–water partition coefficient (Wildman–Crippen LogP) is 4.13. The monoisotopic (exact) mass is 381 g/mol. The number of thiazole rings is 1. The van der Waals surface area contributed by atoms with E-state index >= 15 is 0 Å². The van der Waals surface area contributed by atoms with Gasteiger partial charge in [0.15, 0.2) is 15.5 Å². The Hall–Kier alpha value is -0.860.